The lowest BCUT2D eigenvalue weighted by molar-refractivity contribution is -0.159. The summed E-state index contributed by atoms with van der Waals surface area (Å²) < 4.78 is 0. The lowest BCUT2D eigenvalue weighted by atomic mass is 10.4. The topological polar surface area (TPSA) is 236 Å². The van der Waals surface area contributed by atoms with Gasteiger partial charge in [0, 0.05) is 0 Å². The van der Waals surface area contributed by atoms with Gasteiger partial charge in [-0.2, -0.15) is 0 Å². The molecule has 0 unspecified atom stereocenters. The monoisotopic (exact) mass is 341 g/mol. The second-order valence-corrected chi connectivity index (χ2v) is 3.29. The van der Waals surface area contributed by atoms with Gasteiger partial charge in [0.05, 0.1) is 0 Å². The number of aliphatic carboxylic acids is 6. The van der Waals surface area contributed by atoms with Crippen LogP contribution in [0.2, 0.25) is 0 Å². The highest BCUT2D eigenvalue weighted by atomic mass is 16.5. The van der Waals surface area contributed by atoms with Crippen LogP contribution in [0, 0.1) is 0 Å². The molecule has 0 aliphatic carbocycles. The van der Waals surface area contributed by atoms with Crippen LogP contribution in [-0.2, 0) is 28.8 Å². The van der Waals surface area contributed by atoms with Crippen LogP contribution in [0.5, 0.6) is 0 Å². The average molecular weight is 341 g/mol. The molecule has 1 rings (SSSR count). The van der Waals surface area contributed by atoms with Gasteiger partial charge in [-0.1, -0.05) is 0 Å². The molecule has 0 aromatic carbocycles. The molecule has 0 bridgehead atoms. The van der Waals surface area contributed by atoms with Crippen LogP contribution < -0.4 is 5.32 Å². The van der Waals surface area contributed by atoms with Gasteiger partial charge in [-0.25, -0.2) is 28.8 Å². The Labute approximate surface area is 127 Å². The number of nitrogens with one attached hydrogen (secondary N) is 1. The van der Waals surface area contributed by atoms with Gasteiger partial charge in [0.2, 0.25) is 0 Å². The lowest BCUT2D eigenvalue weighted by Gasteiger charge is -1.76. The van der Waals surface area contributed by atoms with E-state index >= 15 is 0 Å². The summed E-state index contributed by atoms with van der Waals surface area (Å²) >= 11 is 0. The normalized spacial score (nSPS) is 11.0. The van der Waals surface area contributed by atoms with E-state index < -0.39 is 35.8 Å². The third-order valence-corrected chi connectivity index (χ3v) is 1.51. The molecule has 13 nitrogen and oxygen atoms in total. The molecular weight excluding hydrogens is 326 g/mol. The molecule has 0 amide bonds. The Bertz CT molecular complexity index is 338. The Morgan fingerprint density at radius 2 is 0.652 bits per heavy atom. The van der Waals surface area contributed by atoms with Crippen molar-refractivity contribution in [2.75, 3.05) is 13.1 Å². The zero-order chi connectivity index (χ0) is 19.0. The van der Waals surface area contributed by atoms with E-state index in [0.717, 1.165) is 0 Å². The van der Waals surface area contributed by atoms with Crippen molar-refractivity contribution in [3.63, 3.8) is 0 Å². The Morgan fingerprint density at radius 3 is 0.696 bits per heavy atom. The summed E-state index contributed by atoms with van der Waals surface area (Å²) in [5, 5.41) is 47.6. The standard InChI is InChI=1S/C4H9N.3C2H2O4/c1-2-4-5-3-1;3*3-1(4)2(5)6/h5H,1-4H2;3*(H,3,4)(H,5,6). The van der Waals surface area contributed by atoms with Gasteiger partial charge < -0.3 is 36.0 Å². The minimum Gasteiger partial charge on any atom is -0.473 e. The van der Waals surface area contributed by atoms with Crippen molar-refractivity contribution in [3.8, 4) is 0 Å². The molecule has 0 aromatic heterocycles. The number of hydrogen-bond donors (Lipinski definition) is 7. The molecule has 0 aromatic rings. The minimum atomic E-state index is -1.82. The summed E-state index contributed by atoms with van der Waals surface area (Å²) in [5.74, 6) is -10.9. The second kappa shape index (κ2) is 15.2. The highest BCUT2D eigenvalue weighted by Gasteiger charge is 2.05. The van der Waals surface area contributed by atoms with E-state index in [1.54, 1.807) is 0 Å². The Balaban J connectivity index is -0.000000232. The molecular formula is C10H15NO12. The number of carbonyl (C=O) groups is 6. The first kappa shape index (κ1) is 24.8. The predicted molar refractivity (Wildman–Crippen MR) is 67.9 cm³/mol. The van der Waals surface area contributed by atoms with Crippen molar-refractivity contribution in [2.24, 2.45) is 0 Å². The van der Waals surface area contributed by atoms with Crippen molar-refractivity contribution in [1.82, 2.24) is 5.32 Å². The third-order valence-electron chi connectivity index (χ3n) is 1.51. The van der Waals surface area contributed by atoms with E-state index in [0.29, 0.717) is 0 Å². The molecule has 1 aliphatic rings. The summed E-state index contributed by atoms with van der Waals surface area (Å²) in [6.45, 7) is 2.50. The van der Waals surface area contributed by atoms with Crippen molar-refractivity contribution in [2.45, 2.75) is 12.8 Å². The van der Waals surface area contributed by atoms with Gasteiger partial charge in [0.1, 0.15) is 0 Å². The van der Waals surface area contributed by atoms with Gasteiger partial charge in [-0.15, -0.1) is 0 Å². The predicted octanol–water partition coefficient (Wildman–Crippen LogP) is -2.16. The second-order valence-electron chi connectivity index (χ2n) is 3.29. The molecule has 0 saturated carbocycles. The molecule has 132 valence electrons. The summed E-state index contributed by atoms with van der Waals surface area (Å²) in [6, 6.07) is 0. The molecule has 23 heavy (non-hydrogen) atoms. The van der Waals surface area contributed by atoms with Crippen LogP contribution in [0.25, 0.3) is 0 Å². The highest BCUT2D eigenvalue weighted by Crippen LogP contribution is 1.90. The molecule has 1 aliphatic heterocycles. The van der Waals surface area contributed by atoms with Crippen molar-refractivity contribution < 1.29 is 59.4 Å². The molecule has 7 N–H and O–H groups in total. The molecule has 0 radical (unpaired) electrons. The maximum atomic E-state index is 9.10. The van der Waals surface area contributed by atoms with Gasteiger partial charge in [0.15, 0.2) is 0 Å². The Hall–Kier alpha value is -3.22. The molecule has 1 heterocycles. The fraction of sp³-hybridized carbons (Fsp3) is 0.400. The molecule has 0 atom stereocenters. The van der Waals surface area contributed by atoms with Crippen LogP contribution in [-0.4, -0.2) is 79.5 Å². The molecule has 1 fully saturated rings. The van der Waals surface area contributed by atoms with Gasteiger partial charge in [-0.3, -0.25) is 0 Å². The summed E-state index contributed by atoms with van der Waals surface area (Å²) in [4.78, 5) is 54.6. The zero-order valence-corrected chi connectivity index (χ0v) is 11.5. The van der Waals surface area contributed by atoms with Crippen LogP contribution in [0.15, 0.2) is 0 Å². The van der Waals surface area contributed by atoms with E-state index in [2.05, 4.69) is 5.32 Å². The Kier molecular flexibility index (Phi) is 16.3. The first-order valence-electron chi connectivity index (χ1n) is 5.52. The largest absolute Gasteiger partial charge is 0.473 e. The summed E-state index contributed by atoms with van der Waals surface area (Å²) in [5.41, 5.74) is 0. The van der Waals surface area contributed by atoms with Crippen LogP contribution >= 0.6 is 0 Å². The average Bonchev–Trinajstić information content (AvgIpc) is 2.98. The number of carboxylic acid groups (broad SMARTS) is 6. The van der Waals surface area contributed by atoms with E-state index in [1.807, 2.05) is 0 Å². The number of carboxylic acids is 6. The van der Waals surface area contributed by atoms with Gasteiger partial charge >= 0.3 is 35.8 Å². The smallest absolute Gasteiger partial charge is 0.414 e. The van der Waals surface area contributed by atoms with E-state index in [1.165, 1.54) is 25.9 Å². The van der Waals surface area contributed by atoms with E-state index in [-0.39, 0.29) is 0 Å². The van der Waals surface area contributed by atoms with Crippen LogP contribution in [0.3, 0.4) is 0 Å². The van der Waals surface area contributed by atoms with Crippen molar-refractivity contribution in [1.29, 1.82) is 0 Å². The maximum Gasteiger partial charge on any atom is 0.414 e. The van der Waals surface area contributed by atoms with Crippen LogP contribution in [0.4, 0.5) is 0 Å². The quantitative estimate of drug-likeness (QED) is 0.232. The highest BCUT2D eigenvalue weighted by molar-refractivity contribution is 6.28. The van der Waals surface area contributed by atoms with Gasteiger partial charge in [0.25, 0.3) is 0 Å². The maximum absolute atomic E-state index is 9.10. The van der Waals surface area contributed by atoms with Crippen molar-refractivity contribution >= 4 is 35.8 Å². The lowest BCUT2D eigenvalue weighted by Crippen LogP contribution is -2.09. The van der Waals surface area contributed by atoms with Gasteiger partial charge in [-0.05, 0) is 25.9 Å². The van der Waals surface area contributed by atoms with Crippen molar-refractivity contribution in [3.05, 3.63) is 0 Å². The molecule has 1 saturated heterocycles. The number of rotatable bonds is 0. The molecule has 13 heteroatoms. The van der Waals surface area contributed by atoms with E-state index in [9.17, 15) is 0 Å². The van der Waals surface area contributed by atoms with Crippen LogP contribution in [0.1, 0.15) is 12.8 Å². The fourth-order valence-corrected chi connectivity index (χ4v) is 0.625. The first-order chi connectivity index (χ1) is 10.4. The summed E-state index contributed by atoms with van der Waals surface area (Å²) in [6.07, 6.45) is 2.78. The zero-order valence-electron chi connectivity index (χ0n) is 11.5. The third kappa shape index (κ3) is 27.8. The Morgan fingerprint density at radius 1 is 0.478 bits per heavy atom. The van der Waals surface area contributed by atoms with E-state index in [4.69, 9.17) is 59.4 Å². The summed E-state index contributed by atoms with van der Waals surface area (Å²) in [7, 11) is 0. The SMILES string of the molecule is C1CCNC1.O=C(O)C(=O)O.O=C(O)C(=O)O.O=C(O)C(=O)O. The first-order valence-corrected chi connectivity index (χ1v) is 5.52. The minimum absolute atomic E-state index is 1.25. The molecule has 0 spiro atoms. The fourth-order valence-electron chi connectivity index (χ4n) is 0.625. The number of hydrogen-bond acceptors (Lipinski definition) is 7.